The van der Waals surface area contributed by atoms with Crippen LogP contribution in [0.2, 0.25) is 0 Å². The molecule has 3 amide bonds. The van der Waals surface area contributed by atoms with Gasteiger partial charge in [0.1, 0.15) is 0 Å². The summed E-state index contributed by atoms with van der Waals surface area (Å²) in [5, 5.41) is 13.6. The number of non-ortho nitro benzene ring substituents is 1. The van der Waals surface area contributed by atoms with Gasteiger partial charge in [0.2, 0.25) is 11.8 Å². The Morgan fingerprint density at radius 3 is 2.42 bits per heavy atom. The molecule has 1 N–H and O–H groups in total. The van der Waals surface area contributed by atoms with Crippen LogP contribution in [0, 0.1) is 17.0 Å². The lowest BCUT2D eigenvalue weighted by molar-refractivity contribution is -0.384. The first-order valence-corrected chi connectivity index (χ1v) is 7.89. The van der Waals surface area contributed by atoms with E-state index in [0.717, 1.165) is 4.90 Å². The van der Waals surface area contributed by atoms with Crippen molar-refractivity contribution in [1.29, 1.82) is 0 Å². The molecule has 0 aliphatic carbocycles. The first kappa shape index (κ1) is 17.3. The zero-order valence-electron chi connectivity index (χ0n) is 13.9. The molecule has 2 aromatic carbocycles. The molecule has 1 aliphatic rings. The fourth-order valence-corrected chi connectivity index (χ4v) is 2.78. The number of anilines is 2. The number of nitro benzene ring substituents is 1. The van der Waals surface area contributed by atoms with Crippen LogP contribution in [0.5, 0.6) is 0 Å². The van der Waals surface area contributed by atoms with Gasteiger partial charge in [-0.15, -0.1) is 0 Å². The summed E-state index contributed by atoms with van der Waals surface area (Å²) in [6.07, 6.45) is 0.260. The number of aryl methyl sites for hydroxylation is 1. The number of benzene rings is 2. The van der Waals surface area contributed by atoms with Crippen molar-refractivity contribution in [2.75, 3.05) is 10.2 Å². The van der Waals surface area contributed by atoms with Crippen LogP contribution in [0.4, 0.5) is 17.1 Å². The second-order valence-electron chi connectivity index (χ2n) is 5.85. The van der Waals surface area contributed by atoms with E-state index in [1.54, 1.807) is 31.2 Å². The van der Waals surface area contributed by atoms with Gasteiger partial charge in [0.15, 0.2) is 0 Å². The minimum atomic E-state index is -0.578. The molecule has 8 nitrogen and oxygen atoms in total. The molecule has 0 bridgehead atoms. The van der Waals surface area contributed by atoms with Gasteiger partial charge in [-0.3, -0.25) is 24.5 Å². The second kappa shape index (κ2) is 6.75. The van der Waals surface area contributed by atoms with Crippen molar-refractivity contribution in [1.82, 2.24) is 0 Å². The summed E-state index contributed by atoms with van der Waals surface area (Å²) in [4.78, 5) is 48.0. The van der Waals surface area contributed by atoms with Crippen LogP contribution < -0.4 is 10.2 Å². The molecule has 2 aromatic rings. The Labute approximate surface area is 148 Å². The van der Waals surface area contributed by atoms with Gasteiger partial charge in [-0.05, 0) is 24.6 Å². The number of hydrogen-bond acceptors (Lipinski definition) is 5. The average molecular weight is 353 g/mol. The Morgan fingerprint density at radius 1 is 1.12 bits per heavy atom. The highest BCUT2D eigenvalue weighted by Crippen LogP contribution is 2.30. The van der Waals surface area contributed by atoms with Gasteiger partial charge in [-0.25, -0.2) is 4.90 Å². The summed E-state index contributed by atoms with van der Waals surface area (Å²) in [5.41, 5.74) is 1.09. The van der Waals surface area contributed by atoms with Crippen LogP contribution in [-0.4, -0.2) is 22.6 Å². The predicted molar refractivity (Wildman–Crippen MR) is 94.0 cm³/mol. The molecule has 1 saturated heterocycles. The molecule has 0 aromatic heterocycles. The highest BCUT2D eigenvalue weighted by Gasteiger charge is 2.32. The summed E-state index contributed by atoms with van der Waals surface area (Å²) < 4.78 is 0. The van der Waals surface area contributed by atoms with Gasteiger partial charge < -0.3 is 5.32 Å². The maximum absolute atomic E-state index is 12.6. The van der Waals surface area contributed by atoms with Gasteiger partial charge in [-0.2, -0.15) is 0 Å². The molecule has 1 heterocycles. The molecular formula is C18H15N3O5. The van der Waals surface area contributed by atoms with Crippen LogP contribution in [0.15, 0.2) is 42.5 Å². The van der Waals surface area contributed by atoms with E-state index in [9.17, 15) is 24.5 Å². The lowest BCUT2D eigenvalue weighted by Crippen LogP contribution is -2.29. The normalized spacial score (nSPS) is 13.8. The Hall–Kier alpha value is -3.55. The summed E-state index contributed by atoms with van der Waals surface area (Å²) >= 11 is 0. The SMILES string of the molecule is Cc1ccc([N+](=O)[O-])cc1C(=O)Nc1ccccc1N1C(=O)CCC1=O. The van der Waals surface area contributed by atoms with Gasteiger partial charge >= 0.3 is 0 Å². The third-order valence-corrected chi connectivity index (χ3v) is 4.12. The van der Waals surface area contributed by atoms with Crippen LogP contribution in [0.25, 0.3) is 0 Å². The van der Waals surface area contributed by atoms with E-state index < -0.39 is 10.8 Å². The molecule has 0 unspecified atom stereocenters. The Kier molecular flexibility index (Phi) is 4.49. The van der Waals surface area contributed by atoms with Crippen LogP contribution in [-0.2, 0) is 9.59 Å². The third-order valence-electron chi connectivity index (χ3n) is 4.12. The number of rotatable bonds is 4. The number of nitrogens with one attached hydrogen (secondary N) is 1. The minimum absolute atomic E-state index is 0.130. The molecule has 132 valence electrons. The first-order valence-electron chi connectivity index (χ1n) is 7.89. The molecule has 3 rings (SSSR count). The fraction of sp³-hybridized carbons (Fsp3) is 0.167. The number of carbonyl (C=O) groups is 3. The van der Waals surface area contributed by atoms with E-state index in [0.29, 0.717) is 5.56 Å². The molecule has 0 spiro atoms. The van der Waals surface area contributed by atoms with Crippen molar-refractivity contribution in [3.05, 3.63) is 63.7 Å². The van der Waals surface area contributed by atoms with Crippen molar-refractivity contribution in [2.24, 2.45) is 0 Å². The monoisotopic (exact) mass is 353 g/mol. The van der Waals surface area contributed by atoms with Crippen molar-refractivity contribution >= 4 is 34.8 Å². The van der Waals surface area contributed by atoms with E-state index in [1.807, 2.05) is 0 Å². The largest absolute Gasteiger partial charge is 0.320 e. The zero-order valence-corrected chi connectivity index (χ0v) is 13.9. The molecule has 0 atom stereocenters. The highest BCUT2D eigenvalue weighted by molar-refractivity contribution is 6.22. The molecule has 26 heavy (non-hydrogen) atoms. The van der Waals surface area contributed by atoms with E-state index in [-0.39, 0.29) is 47.3 Å². The number of imide groups is 1. The molecule has 1 fully saturated rings. The molecule has 8 heteroatoms. The first-order chi connectivity index (χ1) is 12.4. The molecule has 0 saturated carbocycles. The molecule has 0 radical (unpaired) electrons. The Bertz CT molecular complexity index is 922. The number of hydrogen-bond donors (Lipinski definition) is 1. The summed E-state index contributed by atoms with van der Waals surface area (Å²) in [5.74, 6) is -1.22. The highest BCUT2D eigenvalue weighted by atomic mass is 16.6. The van der Waals surface area contributed by atoms with E-state index >= 15 is 0 Å². The van der Waals surface area contributed by atoms with Crippen molar-refractivity contribution in [3.63, 3.8) is 0 Å². The summed E-state index contributed by atoms with van der Waals surface area (Å²) in [7, 11) is 0. The van der Waals surface area contributed by atoms with Crippen LogP contribution in [0.3, 0.4) is 0 Å². The summed E-state index contributed by atoms with van der Waals surface area (Å²) in [6, 6.07) is 10.5. The smallest absolute Gasteiger partial charge is 0.270 e. The van der Waals surface area contributed by atoms with E-state index in [2.05, 4.69) is 5.32 Å². The minimum Gasteiger partial charge on any atom is -0.320 e. The Morgan fingerprint density at radius 2 is 1.77 bits per heavy atom. The van der Waals surface area contributed by atoms with Crippen LogP contribution >= 0.6 is 0 Å². The maximum Gasteiger partial charge on any atom is 0.270 e. The quantitative estimate of drug-likeness (QED) is 0.516. The number of nitrogens with zero attached hydrogens (tertiary/aromatic N) is 2. The van der Waals surface area contributed by atoms with Crippen LogP contribution in [0.1, 0.15) is 28.8 Å². The van der Waals surface area contributed by atoms with Crippen molar-refractivity contribution < 1.29 is 19.3 Å². The van der Waals surface area contributed by atoms with E-state index in [4.69, 9.17) is 0 Å². The lowest BCUT2D eigenvalue weighted by atomic mass is 10.1. The Balaban J connectivity index is 1.94. The van der Waals surface area contributed by atoms with Gasteiger partial charge in [0.25, 0.3) is 11.6 Å². The van der Waals surface area contributed by atoms with Gasteiger partial charge in [0, 0.05) is 30.5 Å². The topological polar surface area (TPSA) is 110 Å². The number of carbonyl (C=O) groups excluding carboxylic acids is 3. The number of para-hydroxylation sites is 2. The standard InChI is InChI=1S/C18H15N3O5/c1-11-6-7-12(21(25)26)10-13(11)18(24)19-14-4-2-3-5-15(14)20-16(22)8-9-17(20)23/h2-7,10H,8-9H2,1H3,(H,19,24). The van der Waals surface area contributed by atoms with Crippen molar-refractivity contribution in [2.45, 2.75) is 19.8 Å². The predicted octanol–water partition coefficient (Wildman–Crippen LogP) is 2.81. The fourth-order valence-electron chi connectivity index (χ4n) is 2.78. The zero-order chi connectivity index (χ0) is 18.8. The molecular weight excluding hydrogens is 338 g/mol. The summed E-state index contributed by atoms with van der Waals surface area (Å²) in [6.45, 7) is 1.66. The molecule has 1 aliphatic heterocycles. The lowest BCUT2D eigenvalue weighted by Gasteiger charge is -2.18. The third kappa shape index (κ3) is 3.16. The van der Waals surface area contributed by atoms with Gasteiger partial charge in [0.05, 0.1) is 16.3 Å². The number of amides is 3. The second-order valence-corrected chi connectivity index (χ2v) is 5.85. The maximum atomic E-state index is 12.6. The van der Waals surface area contributed by atoms with Gasteiger partial charge in [-0.1, -0.05) is 18.2 Å². The number of nitro groups is 1. The van der Waals surface area contributed by atoms with E-state index in [1.165, 1.54) is 18.2 Å². The van der Waals surface area contributed by atoms with Crippen molar-refractivity contribution in [3.8, 4) is 0 Å². The average Bonchev–Trinajstić information content (AvgIpc) is 2.94.